The van der Waals surface area contributed by atoms with Crippen molar-refractivity contribution in [1.29, 1.82) is 0 Å². The van der Waals surface area contributed by atoms with Gasteiger partial charge in [-0.05, 0) is 68.1 Å². The SMILES string of the molecule is [2H]C1([2H])c2cccc3c2[C@@]([2H])(C([2H])([2H])N([C@]2([2H])CN4CCC2([2H])CC4)C3=O)C([2H])([2H])C1([2H])[2H]. The molecule has 0 spiro atoms. The fourth-order valence-corrected chi connectivity index (χ4v) is 3.71. The molecule has 6 rings (SSSR count). The molecule has 0 saturated carbocycles. The maximum atomic E-state index is 13.8. The molecule has 1 aliphatic carbocycles. The number of aryl methyl sites for hydroxylation is 1. The van der Waals surface area contributed by atoms with Crippen LogP contribution in [0.1, 0.15) is 68.0 Å². The van der Waals surface area contributed by atoms with E-state index in [1.165, 1.54) is 12.1 Å². The number of hydrogen-bond donors (Lipinski definition) is 0. The van der Waals surface area contributed by atoms with E-state index in [4.69, 9.17) is 12.3 Å². The number of benzene rings is 1. The summed E-state index contributed by atoms with van der Waals surface area (Å²) in [5.41, 5.74) is -1.29. The molecule has 1 amide bonds. The van der Waals surface area contributed by atoms with Gasteiger partial charge < -0.3 is 9.80 Å². The van der Waals surface area contributed by atoms with E-state index in [1.54, 1.807) is 0 Å². The quantitative estimate of drug-likeness (QED) is 0.796. The molecule has 5 aliphatic rings. The Bertz CT molecular complexity index is 1070. The first-order valence-corrected chi connectivity index (χ1v) is 7.63. The fraction of sp³-hybridized carbons (Fsp3) is 0.632. The number of nitrogens with zero attached hydrogens (tertiary/aromatic N) is 2. The molecular weight excluding hydrogens is 272 g/mol. The van der Waals surface area contributed by atoms with Crippen molar-refractivity contribution in [3.8, 4) is 0 Å². The second kappa shape index (κ2) is 4.82. The largest absolute Gasteiger partial charge is 0.333 e. The Morgan fingerprint density at radius 2 is 2.14 bits per heavy atom. The molecule has 0 unspecified atom stereocenters. The molecule has 3 heteroatoms. The van der Waals surface area contributed by atoms with E-state index in [9.17, 15) is 7.54 Å². The summed E-state index contributed by atoms with van der Waals surface area (Å²) in [6, 6.07) is 1.54. The molecule has 3 saturated heterocycles. The summed E-state index contributed by atoms with van der Waals surface area (Å²) < 4.78 is 95.9. The minimum atomic E-state index is -3.44. The molecule has 3 nitrogen and oxygen atoms in total. The van der Waals surface area contributed by atoms with Gasteiger partial charge in [-0.3, -0.25) is 4.79 Å². The van der Waals surface area contributed by atoms with Crippen molar-refractivity contribution in [3.63, 3.8) is 0 Å². The molecule has 0 aromatic heterocycles. The number of hydrogen-bond acceptors (Lipinski definition) is 2. The lowest BCUT2D eigenvalue weighted by Gasteiger charge is -2.51. The van der Waals surface area contributed by atoms with Crippen molar-refractivity contribution in [1.82, 2.24) is 9.80 Å². The molecule has 116 valence electrons. The second-order valence-electron chi connectivity index (χ2n) is 6.06. The van der Waals surface area contributed by atoms with E-state index in [0.29, 0.717) is 18.0 Å². The van der Waals surface area contributed by atoms with Crippen LogP contribution in [-0.2, 0) is 6.37 Å². The van der Waals surface area contributed by atoms with E-state index in [2.05, 4.69) is 0 Å². The number of rotatable bonds is 1. The highest BCUT2D eigenvalue weighted by molar-refractivity contribution is 5.97. The summed E-state index contributed by atoms with van der Waals surface area (Å²) in [7, 11) is 0. The lowest BCUT2D eigenvalue weighted by atomic mass is 9.75. The summed E-state index contributed by atoms with van der Waals surface area (Å²) >= 11 is 0. The van der Waals surface area contributed by atoms with Gasteiger partial charge in [-0.2, -0.15) is 0 Å². The summed E-state index contributed by atoms with van der Waals surface area (Å²) in [6.07, 6.45) is -9.32. The van der Waals surface area contributed by atoms with Crippen molar-refractivity contribution in [2.75, 3.05) is 26.1 Å². The molecular formula is C19H24N2O. The summed E-state index contributed by atoms with van der Waals surface area (Å²) in [4.78, 5) is 16.1. The molecule has 0 radical (unpaired) electrons. The third kappa shape index (κ3) is 1.81. The number of carbonyl (C=O) groups is 1. The van der Waals surface area contributed by atoms with Crippen LogP contribution in [0.2, 0.25) is 0 Å². The first-order valence-electron chi connectivity index (χ1n) is 13.1. The normalized spacial score (nSPS) is 62.9. The zero-order valence-corrected chi connectivity index (χ0v) is 12.1. The number of carbonyl (C=O) groups excluding carboxylic acids is 1. The minimum absolute atomic E-state index is 0.149. The third-order valence-electron chi connectivity index (χ3n) is 4.87. The van der Waals surface area contributed by atoms with Gasteiger partial charge in [0.1, 0.15) is 0 Å². The van der Waals surface area contributed by atoms with Crippen LogP contribution in [0.15, 0.2) is 18.2 Å². The van der Waals surface area contributed by atoms with Crippen molar-refractivity contribution in [2.45, 2.75) is 43.9 Å². The van der Waals surface area contributed by atoms with Gasteiger partial charge in [0.25, 0.3) is 5.91 Å². The van der Waals surface area contributed by atoms with Crippen LogP contribution >= 0.6 is 0 Å². The van der Waals surface area contributed by atoms with Crippen LogP contribution in [0.3, 0.4) is 0 Å². The lowest BCUT2D eigenvalue weighted by Crippen LogP contribution is -2.60. The van der Waals surface area contributed by atoms with Crippen molar-refractivity contribution >= 4 is 5.91 Å². The molecule has 1 aromatic rings. The van der Waals surface area contributed by atoms with Gasteiger partial charge in [-0.1, -0.05) is 12.1 Å². The summed E-state index contributed by atoms with van der Waals surface area (Å²) in [5.74, 6) is -5.65. The first-order chi connectivity index (χ1) is 14.9. The Hall–Kier alpha value is -1.35. The Kier molecular flexibility index (Phi) is 1.37. The average molecular weight is 307 g/mol. The van der Waals surface area contributed by atoms with Gasteiger partial charge in [0.2, 0.25) is 0 Å². The molecule has 2 bridgehead atoms. The maximum Gasteiger partial charge on any atom is 0.254 e. The molecule has 3 fully saturated rings. The van der Waals surface area contributed by atoms with E-state index in [1.807, 2.05) is 4.90 Å². The Morgan fingerprint density at radius 1 is 1.27 bits per heavy atom. The molecule has 1 aromatic carbocycles. The third-order valence-corrected chi connectivity index (χ3v) is 4.87. The van der Waals surface area contributed by atoms with Crippen LogP contribution < -0.4 is 0 Å². The first kappa shape index (κ1) is 6.27. The van der Waals surface area contributed by atoms with Gasteiger partial charge in [0.15, 0.2) is 0 Å². The van der Waals surface area contributed by atoms with Crippen LogP contribution in [0, 0.1) is 5.89 Å². The number of amides is 1. The topological polar surface area (TPSA) is 23.6 Å². The highest BCUT2D eigenvalue weighted by Gasteiger charge is 2.43. The molecule has 4 aliphatic heterocycles. The molecule has 2 atom stereocenters. The van der Waals surface area contributed by atoms with Crippen LogP contribution in [0.25, 0.3) is 0 Å². The van der Waals surface area contributed by atoms with Gasteiger partial charge >= 0.3 is 0 Å². The van der Waals surface area contributed by atoms with Crippen molar-refractivity contribution in [3.05, 3.63) is 34.9 Å². The summed E-state index contributed by atoms with van der Waals surface area (Å²) in [5, 5.41) is 0. The lowest BCUT2D eigenvalue weighted by molar-refractivity contribution is 0.00258. The average Bonchev–Trinajstić information content (AvgIpc) is 2.71. The maximum absolute atomic E-state index is 13.8. The molecule has 22 heavy (non-hydrogen) atoms. The van der Waals surface area contributed by atoms with Crippen molar-refractivity contribution in [2.24, 2.45) is 5.89 Å². The Balaban J connectivity index is 1.86. The van der Waals surface area contributed by atoms with E-state index < -0.39 is 60.5 Å². The zero-order valence-electron chi connectivity index (χ0n) is 23.1. The Morgan fingerprint density at radius 3 is 2.95 bits per heavy atom. The van der Waals surface area contributed by atoms with Crippen LogP contribution in [0.5, 0.6) is 0 Å². The predicted octanol–water partition coefficient (Wildman–Crippen LogP) is 2.66. The van der Waals surface area contributed by atoms with Gasteiger partial charge in [0.05, 0.1) is 4.11 Å². The van der Waals surface area contributed by atoms with Crippen LogP contribution in [0.4, 0.5) is 0 Å². The minimum Gasteiger partial charge on any atom is -0.333 e. The van der Waals surface area contributed by atoms with Gasteiger partial charge in [0, 0.05) is 41.5 Å². The van der Waals surface area contributed by atoms with E-state index in [0.717, 1.165) is 6.07 Å². The summed E-state index contributed by atoms with van der Waals surface area (Å²) in [6.45, 7) is -2.39. The van der Waals surface area contributed by atoms with E-state index >= 15 is 0 Å². The molecule has 4 heterocycles. The smallest absolute Gasteiger partial charge is 0.254 e. The Labute approximate surface area is 147 Å². The monoisotopic (exact) mass is 307 g/mol. The number of piperidine rings is 3. The highest BCUT2D eigenvalue weighted by Crippen LogP contribution is 2.41. The van der Waals surface area contributed by atoms with Gasteiger partial charge in [-0.25, -0.2) is 0 Å². The molecule has 0 N–H and O–H groups in total. The van der Waals surface area contributed by atoms with E-state index in [-0.39, 0.29) is 24.9 Å². The van der Waals surface area contributed by atoms with Gasteiger partial charge in [-0.15, -0.1) is 0 Å². The second-order valence-corrected chi connectivity index (χ2v) is 6.06. The van der Waals surface area contributed by atoms with Crippen molar-refractivity contribution < 1.29 is 19.9 Å². The van der Waals surface area contributed by atoms with Crippen LogP contribution in [-0.4, -0.2) is 47.9 Å². The standard InChI is InChI=1S/C19H24N2O/c22-19-16-6-2-4-14-3-1-5-15(18(14)16)11-21(19)17-12-20-9-7-13(17)8-10-20/h2,4,6,13,15,17H,1,3,5,7-12H2/t15-,17-/m1/s1/i1D2,3D2,5D2,11D2,13D,15D,17D. The highest BCUT2D eigenvalue weighted by atomic mass is 16.2. The fourth-order valence-electron chi connectivity index (χ4n) is 3.71. The number of fused-ring (bicyclic) bond motifs is 3. The zero-order chi connectivity index (χ0) is 24.6. The predicted molar refractivity (Wildman–Crippen MR) is 86.1 cm³/mol.